The van der Waals surface area contributed by atoms with Crippen LogP contribution in [0.3, 0.4) is 0 Å². The van der Waals surface area contributed by atoms with Crippen LogP contribution in [0.25, 0.3) is 10.2 Å². The molecule has 0 fully saturated rings. The second kappa shape index (κ2) is 7.89. The van der Waals surface area contributed by atoms with Crippen LogP contribution in [0.5, 0.6) is 0 Å². The van der Waals surface area contributed by atoms with Crippen LogP contribution >= 0.6 is 22.9 Å². The van der Waals surface area contributed by atoms with Crippen molar-refractivity contribution in [1.82, 2.24) is 14.9 Å². The van der Waals surface area contributed by atoms with Crippen molar-refractivity contribution < 1.29 is 14.3 Å². The lowest BCUT2D eigenvalue weighted by Gasteiger charge is -2.06. The Morgan fingerprint density at radius 3 is 2.67 bits per heavy atom. The first kappa shape index (κ1) is 19.1. The molecule has 0 radical (unpaired) electrons. The molecule has 0 atom stereocenters. The van der Waals surface area contributed by atoms with Crippen molar-refractivity contribution >= 4 is 45.0 Å². The number of fused-ring (bicyclic) bond motifs is 1. The number of esters is 1. The van der Waals surface area contributed by atoms with Gasteiger partial charge in [-0.25, -0.2) is 4.98 Å². The van der Waals surface area contributed by atoms with E-state index in [1.165, 1.54) is 18.0 Å². The molecule has 2 heterocycles. The maximum absolute atomic E-state index is 12.9. The van der Waals surface area contributed by atoms with E-state index in [1.54, 1.807) is 19.1 Å². The second-order valence-corrected chi connectivity index (χ2v) is 7.23. The summed E-state index contributed by atoms with van der Waals surface area (Å²) in [5.41, 5.74) is 1.22. The molecule has 3 rings (SSSR count). The number of amides is 1. The number of halogens is 1. The Kier molecular flexibility index (Phi) is 5.57. The van der Waals surface area contributed by atoms with Crippen LogP contribution < -0.4 is 10.9 Å². The van der Waals surface area contributed by atoms with Crippen molar-refractivity contribution in [2.75, 3.05) is 13.7 Å². The first-order valence-electron chi connectivity index (χ1n) is 7.98. The molecule has 3 aromatic rings. The van der Waals surface area contributed by atoms with E-state index in [4.69, 9.17) is 11.6 Å². The van der Waals surface area contributed by atoms with Crippen LogP contribution in [0.15, 0.2) is 35.4 Å². The number of carbonyl (C=O) groups is 2. The lowest BCUT2D eigenvalue weighted by molar-refractivity contribution is -0.139. The first-order chi connectivity index (χ1) is 12.9. The van der Waals surface area contributed by atoms with E-state index in [1.807, 2.05) is 12.1 Å². The lowest BCUT2D eigenvalue weighted by atomic mass is 10.2. The molecule has 0 saturated heterocycles. The predicted molar refractivity (Wildman–Crippen MR) is 104 cm³/mol. The fourth-order valence-electron chi connectivity index (χ4n) is 2.58. The Morgan fingerprint density at radius 1 is 1.30 bits per heavy atom. The van der Waals surface area contributed by atoms with Crippen molar-refractivity contribution in [1.29, 1.82) is 0 Å². The Bertz CT molecular complexity index is 1070. The number of carbonyl (C=O) groups excluding carboxylic acids is 2. The molecule has 1 amide bonds. The Morgan fingerprint density at radius 2 is 2.00 bits per heavy atom. The summed E-state index contributed by atoms with van der Waals surface area (Å²) in [4.78, 5) is 41.5. The summed E-state index contributed by atoms with van der Waals surface area (Å²) in [5, 5.41) is 3.50. The van der Waals surface area contributed by atoms with Gasteiger partial charge in [-0.2, -0.15) is 0 Å². The average molecular weight is 406 g/mol. The number of hydrogen-bond acceptors (Lipinski definition) is 6. The summed E-state index contributed by atoms with van der Waals surface area (Å²) in [7, 11) is 1.24. The first-order valence-corrected chi connectivity index (χ1v) is 9.18. The number of aromatic nitrogens is 2. The van der Waals surface area contributed by atoms with Gasteiger partial charge in [0.25, 0.3) is 11.5 Å². The highest BCUT2D eigenvalue weighted by atomic mass is 35.5. The van der Waals surface area contributed by atoms with Gasteiger partial charge >= 0.3 is 5.97 Å². The van der Waals surface area contributed by atoms with E-state index in [9.17, 15) is 14.4 Å². The quantitative estimate of drug-likeness (QED) is 0.658. The Hall–Kier alpha value is -2.71. The zero-order valence-electron chi connectivity index (χ0n) is 14.6. The third-order valence-corrected chi connectivity index (χ3v) is 5.46. The number of methoxy groups -OCH3 is 1. The number of benzene rings is 1. The van der Waals surface area contributed by atoms with Gasteiger partial charge < -0.3 is 10.1 Å². The number of aryl methyl sites for hydroxylation is 1. The smallest absolute Gasteiger partial charge is 0.325 e. The minimum Gasteiger partial charge on any atom is -0.468 e. The molecule has 0 aliphatic heterocycles. The normalized spacial score (nSPS) is 10.8. The van der Waals surface area contributed by atoms with Crippen LogP contribution in [0.2, 0.25) is 5.02 Å². The van der Waals surface area contributed by atoms with E-state index in [-0.39, 0.29) is 12.1 Å². The van der Waals surface area contributed by atoms with E-state index in [2.05, 4.69) is 15.0 Å². The molecule has 0 bridgehead atoms. The molecule has 0 aliphatic rings. The monoisotopic (exact) mass is 405 g/mol. The summed E-state index contributed by atoms with van der Waals surface area (Å²) in [5.74, 6) is -0.991. The number of hydrogen-bond donors (Lipinski definition) is 1. The van der Waals surface area contributed by atoms with Crippen LogP contribution in [0, 0.1) is 6.92 Å². The fourth-order valence-corrected chi connectivity index (χ4v) is 3.76. The third kappa shape index (κ3) is 4.01. The van der Waals surface area contributed by atoms with Gasteiger partial charge in [0.2, 0.25) is 0 Å². The summed E-state index contributed by atoms with van der Waals surface area (Å²) in [6.07, 6.45) is 1.46. The summed E-state index contributed by atoms with van der Waals surface area (Å²) in [6.45, 7) is 1.80. The molecule has 1 aromatic carbocycles. The zero-order chi connectivity index (χ0) is 19.6. The summed E-state index contributed by atoms with van der Waals surface area (Å²) in [6, 6.07) is 7.19. The number of rotatable bonds is 5. The molecule has 0 aliphatic carbocycles. The number of nitrogens with zero attached hydrogens (tertiary/aromatic N) is 2. The Labute approximate surface area is 163 Å². The van der Waals surface area contributed by atoms with Gasteiger partial charge in [-0.15, -0.1) is 11.3 Å². The highest BCUT2D eigenvalue weighted by Crippen LogP contribution is 2.26. The minimum atomic E-state index is -0.550. The highest BCUT2D eigenvalue weighted by molar-refractivity contribution is 7.20. The number of nitrogens with one attached hydrogen (secondary N) is 1. The standard InChI is InChI=1S/C18H16ClN3O4S/c1-10-14-17(27-15(10)16(24)20-7-13(23)26-2)21-9-22(18(14)25)8-11-3-5-12(19)6-4-11/h3-6,9H,7-8H2,1-2H3,(H,20,24). The predicted octanol–water partition coefficient (Wildman–Crippen LogP) is 2.37. The van der Waals surface area contributed by atoms with Crippen molar-refractivity contribution in [2.45, 2.75) is 13.5 Å². The van der Waals surface area contributed by atoms with Gasteiger partial charge in [0.1, 0.15) is 11.4 Å². The molecule has 1 N–H and O–H groups in total. The Balaban J connectivity index is 1.92. The molecular weight excluding hydrogens is 390 g/mol. The fraction of sp³-hybridized carbons (Fsp3) is 0.222. The average Bonchev–Trinajstić information content (AvgIpc) is 3.00. The van der Waals surface area contributed by atoms with Crippen molar-refractivity contribution in [3.63, 3.8) is 0 Å². The molecule has 0 spiro atoms. The topological polar surface area (TPSA) is 90.3 Å². The van der Waals surface area contributed by atoms with Crippen LogP contribution in [-0.4, -0.2) is 35.1 Å². The van der Waals surface area contributed by atoms with E-state index >= 15 is 0 Å². The molecule has 9 heteroatoms. The van der Waals surface area contributed by atoms with Crippen LogP contribution in [0.4, 0.5) is 0 Å². The van der Waals surface area contributed by atoms with Gasteiger partial charge in [0.15, 0.2) is 0 Å². The molecule has 140 valence electrons. The summed E-state index contributed by atoms with van der Waals surface area (Å²) >= 11 is 7.00. The minimum absolute atomic E-state index is 0.226. The van der Waals surface area contributed by atoms with E-state index in [0.717, 1.165) is 16.9 Å². The van der Waals surface area contributed by atoms with Gasteiger partial charge in [-0.05, 0) is 30.2 Å². The second-order valence-electron chi connectivity index (χ2n) is 5.80. The molecule has 27 heavy (non-hydrogen) atoms. The molecule has 0 unspecified atom stereocenters. The number of thiophene rings is 1. The van der Waals surface area contributed by atoms with Crippen molar-refractivity contribution in [3.05, 3.63) is 62.0 Å². The molecule has 7 nitrogen and oxygen atoms in total. The van der Waals surface area contributed by atoms with Crippen molar-refractivity contribution in [3.8, 4) is 0 Å². The SMILES string of the molecule is COC(=O)CNC(=O)c1sc2ncn(Cc3ccc(Cl)cc3)c(=O)c2c1C. The maximum atomic E-state index is 12.9. The van der Waals surface area contributed by atoms with E-state index in [0.29, 0.717) is 32.2 Å². The molecule has 0 saturated carbocycles. The highest BCUT2D eigenvalue weighted by Gasteiger charge is 2.20. The van der Waals surface area contributed by atoms with Gasteiger partial charge in [-0.3, -0.25) is 19.0 Å². The zero-order valence-corrected chi connectivity index (χ0v) is 16.2. The largest absolute Gasteiger partial charge is 0.468 e. The van der Waals surface area contributed by atoms with Crippen LogP contribution in [-0.2, 0) is 16.1 Å². The van der Waals surface area contributed by atoms with Gasteiger partial charge in [0.05, 0.1) is 30.2 Å². The molecular formula is C18H16ClN3O4S. The van der Waals surface area contributed by atoms with E-state index < -0.39 is 11.9 Å². The van der Waals surface area contributed by atoms with Gasteiger partial charge in [0, 0.05) is 5.02 Å². The maximum Gasteiger partial charge on any atom is 0.325 e. The summed E-state index contributed by atoms with van der Waals surface area (Å²) < 4.78 is 5.99. The van der Waals surface area contributed by atoms with Gasteiger partial charge in [-0.1, -0.05) is 23.7 Å². The molecule has 2 aromatic heterocycles. The lowest BCUT2D eigenvalue weighted by Crippen LogP contribution is -2.30. The van der Waals surface area contributed by atoms with Crippen LogP contribution in [0.1, 0.15) is 20.8 Å². The van der Waals surface area contributed by atoms with Crippen molar-refractivity contribution in [2.24, 2.45) is 0 Å². The number of ether oxygens (including phenoxy) is 1. The third-order valence-electron chi connectivity index (χ3n) is 4.01.